The number of nitrogens with zero attached hydrogens (tertiary/aromatic N) is 1. The van der Waals surface area contributed by atoms with Crippen LogP contribution in [0.1, 0.15) is 56.9 Å². The first-order valence-electron chi connectivity index (χ1n) is 7.18. The number of aliphatic imine (C=N–C) groups is 1. The third-order valence-corrected chi connectivity index (χ3v) is 4.83. The molecule has 0 atom stereocenters. The number of benzene rings is 1. The highest BCUT2D eigenvalue weighted by atomic mass is 32.2. The average molecular weight is 294 g/mol. The summed E-state index contributed by atoms with van der Waals surface area (Å²) in [5, 5.41) is 5.32. The van der Waals surface area contributed by atoms with Crippen LogP contribution >= 0.6 is 0 Å². The Balaban J connectivity index is 2.51. The van der Waals surface area contributed by atoms with E-state index in [1.165, 1.54) is 31.7 Å². The first-order chi connectivity index (χ1) is 9.54. The zero-order valence-corrected chi connectivity index (χ0v) is 12.7. The zero-order valence-electron chi connectivity index (χ0n) is 11.9. The first kappa shape index (κ1) is 15.2. The Morgan fingerprint density at radius 1 is 1.20 bits per heavy atom. The van der Waals surface area contributed by atoms with Crippen LogP contribution in [-0.4, -0.2) is 14.6 Å². The van der Waals surface area contributed by atoms with Gasteiger partial charge in [0.1, 0.15) is 4.90 Å². The highest BCUT2D eigenvalue weighted by Gasteiger charge is 2.22. The van der Waals surface area contributed by atoms with Crippen LogP contribution in [0, 0.1) is 0 Å². The molecule has 5 heteroatoms. The third kappa shape index (κ3) is 3.46. The lowest BCUT2D eigenvalue weighted by molar-refractivity contribution is 0.588. The molecule has 20 heavy (non-hydrogen) atoms. The van der Waals surface area contributed by atoms with Crippen molar-refractivity contribution >= 4 is 21.9 Å². The summed E-state index contributed by atoms with van der Waals surface area (Å²) in [4.78, 5) is 4.43. The Labute approximate surface area is 121 Å². The van der Waals surface area contributed by atoms with Gasteiger partial charge < -0.3 is 0 Å². The molecule has 4 nitrogen and oxygen atoms in total. The molecule has 110 valence electrons. The van der Waals surface area contributed by atoms with Crippen molar-refractivity contribution < 1.29 is 8.42 Å². The largest absolute Gasteiger partial charge is 0.260 e. The number of para-hydroxylation sites is 1. The van der Waals surface area contributed by atoms with Crippen molar-refractivity contribution in [3.63, 3.8) is 0 Å². The van der Waals surface area contributed by atoms with Gasteiger partial charge in [-0.3, -0.25) is 4.99 Å². The van der Waals surface area contributed by atoms with Crippen LogP contribution in [0.5, 0.6) is 0 Å². The van der Waals surface area contributed by atoms with Gasteiger partial charge in [-0.2, -0.15) is 0 Å². The molecule has 1 aliphatic rings. The normalized spacial score (nSPS) is 18.3. The number of rotatable bonds is 3. The maximum Gasteiger partial charge on any atom is 0.240 e. The fourth-order valence-corrected chi connectivity index (χ4v) is 3.66. The van der Waals surface area contributed by atoms with Crippen molar-refractivity contribution in [2.24, 2.45) is 10.1 Å². The number of hydrogen-bond donors (Lipinski definition) is 1. The van der Waals surface area contributed by atoms with Crippen LogP contribution in [0.2, 0.25) is 0 Å². The summed E-state index contributed by atoms with van der Waals surface area (Å²) in [5.41, 5.74) is 1.56. The quantitative estimate of drug-likeness (QED) is 0.684. The van der Waals surface area contributed by atoms with Crippen LogP contribution in [0.25, 0.3) is 0 Å². The van der Waals surface area contributed by atoms with Crippen LogP contribution in [-0.2, 0) is 10.0 Å². The van der Waals surface area contributed by atoms with E-state index in [9.17, 15) is 8.42 Å². The van der Waals surface area contributed by atoms with Crippen LogP contribution in [0.15, 0.2) is 28.1 Å². The van der Waals surface area contributed by atoms with Crippen LogP contribution < -0.4 is 5.14 Å². The summed E-state index contributed by atoms with van der Waals surface area (Å²) in [5.74, 6) is 0.387. The van der Waals surface area contributed by atoms with Gasteiger partial charge in [-0.1, -0.05) is 37.8 Å². The van der Waals surface area contributed by atoms with E-state index < -0.39 is 10.0 Å². The van der Waals surface area contributed by atoms with Crippen LogP contribution in [0.3, 0.4) is 0 Å². The molecule has 0 spiro atoms. The van der Waals surface area contributed by atoms with Gasteiger partial charge in [-0.25, -0.2) is 13.6 Å². The van der Waals surface area contributed by atoms with E-state index in [2.05, 4.69) is 4.99 Å². The van der Waals surface area contributed by atoms with E-state index in [0.717, 1.165) is 18.4 Å². The molecule has 1 fully saturated rings. The minimum atomic E-state index is -3.74. The molecule has 0 bridgehead atoms. The average Bonchev–Trinajstić information content (AvgIpc) is 2.67. The second-order valence-corrected chi connectivity index (χ2v) is 6.84. The van der Waals surface area contributed by atoms with Gasteiger partial charge in [0.15, 0.2) is 0 Å². The van der Waals surface area contributed by atoms with Gasteiger partial charge in [0, 0.05) is 6.21 Å². The molecule has 1 aromatic carbocycles. The maximum absolute atomic E-state index is 11.7. The minimum Gasteiger partial charge on any atom is -0.260 e. The predicted octanol–water partition coefficient (Wildman–Crippen LogP) is 3.49. The van der Waals surface area contributed by atoms with Crippen molar-refractivity contribution in [1.29, 1.82) is 0 Å². The monoisotopic (exact) mass is 294 g/mol. The van der Waals surface area contributed by atoms with Crippen molar-refractivity contribution in [2.45, 2.75) is 56.3 Å². The molecule has 2 N–H and O–H groups in total. The molecular formula is C15H22N2O2S. The van der Waals surface area contributed by atoms with Crippen molar-refractivity contribution in [3.8, 4) is 0 Å². The van der Waals surface area contributed by atoms with Crippen molar-refractivity contribution in [1.82, 2.24) is 0 Å². The Morgan fingerprint density at radius 2 is 1.85 bits per heavy atom. The Morgan fingerprint density at radius 3 is 2.40 bits per heavy atom. The van der Waals surface area contributed by atoms with Gasteiger partial charge in [-0.05, 0) is 37.3 Å². The molecule has 0 heterocycles. The van der Waals surface area contributed by atoms with E-state index in [4.69, 9.17) is 5.14 Å². The molecule has 0 aliphatic heterocycles. The number of hydrogen-bond acceptors (Lipinski definition) is 3. The van der Waals surface area contributed by atoms with E-state index in [0.29, 0.717) is 11.6 Å². The number of primary sulfonamides is 1. The Bertz CT molecular complexity index is 586. The molecule has 2 rings (SSSR count). The summed E-state index contributed by atoms with van der Waals surface area (Å²) in [6, 6.07) is 5.31. The van der Waals surface area contributed by atoms with E-state index in [1.54, 1.807) is 19.2 Å². The lowest BCUT2D eigenvalue weighted by Crippen LogP contribution is -2.13. The second kappa shape index (κ2) is 6.50. The van der Waals surface area contributed by atoms with E-state index in [1.807, 2.05) is 6.07 Å². The lowest BCUT2D eigenvalue weighted by Gasteiger charge is -2.18. The van der Waals surface area contributed by atoms with Gasteiger partial charge >= 0.3 is 0 Å². The minimum absolute atomic E-state index is 0.136. The number of nitrogens with two attached hydrogens (primary N) is 1. The molecule has 0 radical (unpaired) electrons. The Kier molecular flexibility index (Phi) is 4.94. The van der Waals surface area contributed by atoms with Gasteiger partial charge in [0.2, 0.25) is 10.0 Å². The molecule has 0 aromatic heterocycles. The smallest absolute Gasteiger partial charge is 0.240 e. The zero-order chi connectivity index (χ0) is 14.6. The predicted molar refractivity (Wildman–Crippen MR) is 82.1 cm³/mol. The summed E-state index contributed by atoms with van der Waals surface area (Å²) in [6.07, 6.45) is 8.74. The van der Waals surface area contributed by atoms with Gasteiger partial charge in [0.05, 0.1) is 5.69 Å². The summed E-state index contributed by atoms with van der Waals surface area (Å²) < 4.78 is 23.5. The standard InChI is InChI=1S/C15H22N2O2S/c1-2-17-15-13(12-8-5-3-4-6-9-12)10-7-11-14(15)20(16,18)19/h2,7,10-12H,3-6,8-9H2,1H3,(H2,16,18,19). The van der Waals surface area contributed by atoms with E-state index in [-0.39, 0.29) is 4.90 Å². The molecule has 1 saturated carbocycles. The molecule has 0 unspecified atom stereocenters. The van der Waals surface area contributed by atoms with Crippen molar-refractivity contribution in [3.05, 3.63) is 23.8 Å². The van der Waals surface area contributed by atoms with Crippen LogP contribution in [0.4, 0.5) is 5.69 Å². The molecular weight excluding hydrogens is 272 g/mol. The lowest BCUT2D eigenvalue weighted by atomic mass is 9.90. The van der Waals surface area contributed by atoms with Crippen molar-refractivity contribution in [2.75, 3.05) is 0 Å². The SMILES string of the molecule is CC=Nc1c(C2CCCCCC2)cccc1S(N)(=O)=O. The molecule has 1 aromatic rings. The maximum atomic E-state index is 11.7. The van der Waals surface area contributed by atoms with Gasteiger partial charge in [0.25, 0.3) is 0 Å². The Hall–Kier alpha value is -1.20. The summed E-state index contributed by atoms with van der Waals surface area (Å²) >= 11 is 0. The fraction of sp³-hybridized carbons (Fsp3) is 0.533. The highest BCUT2D eigenvalue weighted by molar-refractivity contribution is 7.89. The fourth-order valence-electron chi connectivity index (χ4n) is 2.96. The summed E-state index contributed by atoms with van der Waals surface area (Å²) in [6.45, 7) is 1.79. The third-order valence-electron chi connectivity index (χ3n) is 3.89. The summed E-state index contributed by atoms with van der Waals surface area (Å²) in [7, 11) is -3.74. The van der Waals surface area contributed by atoms with Gasteiger partial charge in [-0.15, -0.1) is 0 Å². The number of sulfonamides is 1. The first-order valence-corrected chi connectivity index (χ1v) is 8.73. The molecule has 0 saturated heterocycles. The topological polar surface area (TPSA) is 72.5 Å². The highest BCUT2D eigenvalue weighted by Crippen LogP contribution is 2.39. The molecule has 1 aliphatic carbocycles. The second-order valence-electron chi connectivity index (χ2n) is 5.31. The molecule has 0 amide bonds. The van der Waals surface area contributed by atoms with E-state index >= 15 is 0 Å².